The molecule has 1 fully saturated rings. The van der Waals surface area contributed by atoms with Crippen molar-refractivity contribution in [1.82, 2.24) is 15.5 Å². The van der Waals surface area contributed by atoms with Gasteiger partial charge in [-0.25, -0.2) is 0 Å². The standard InChI is InChI=1S/C21H23N3O2/c1-2-25-18-11-7-6-10-17(18)21-23-19(26-24-21)14-22-20(16-12-13-16)15-8-4-3-5-9-15/h3-11,16,20,22H,2,12-14H2,1H3. The Hall–Kier alpha value is -2.66. The molecule has 1 unspecified atom stereocenters. The Morgan fingerprint density at radius 2 is 1.88 bits per heavy atom. The van der Waals surface area contributed by atoms with Crippen molar-refractivity contribution in [1.29, 1.82) is 0 Å². The number of benzene rings is 2. The maximum absolute atomic E-state index is 5.66. The monoisotopic (exact) mass is 349 g/mol. The quantitative estimate of drug-likeness (QED) is 0.654. The van der Waals surface area contributed by atoms with E-state index in [0.29, 0.717) is 36.8 Å². The molecule has 2 aromatic carbocycles. The van der Waals surface area contributed by atoms with Crippen molar-refractivity contribution in [3.8, 4) is 17.1 Å². The summed E-state index contributed by atoms with van der Waals surface area (Å²) >= 11 is 0. The van der Waals surface area contributed by atoms with Crippen LogP contribution in [-0.2, 0) is 6.54 Å². The zero-order valence-electron chi connectivity index (χ0n) is 14.9. The van der Waals surface area contributed by atoms with E-state index in [-0.39, 0.29) is 0 Å². The zero-order valence-corrected chi connectivity index (χ0v) is 14.9. The van der Waals surface area contributed by atoms with Gasteiger partial charge < -0.3 is 14.6 Å². The molecule has 0 aliphatic heterocycles. The minimum atomic E-state index is 0.335. The largest absolute Gasteiger partial charge is 0.493 e. The number of hydrogen-bond acceptors (Lipinski definition) is 5. The van der Waals surface area contributed by atoms with Crippen LogP contribution < -0.4 is 10.1 Å². The lowest BCUT2D eigenvalue weighted by Gasteiger charge is -2.17. The van der Waals surface area contributed by atoms with E-state index < -0.39 is 0 Å². The summed E-state index contributed by atoms with van der Waals surface area (Å²) in [5.41, 5.74) is 2.17. The minimum absolute atomic E-state index is 0.335. The first kappa shape index (κ1) is 16.8. The number of rotatable bonds is 8. The zero-order chi connectivity index (χ0) is 17.8. The summed E-state index contributed by atoms with van der Waals surface area (Å²) in [4.78, 5) is 4.55. The minimum Gasteiger partial charge on any atom is -0.493 e. The molecular weight excluding hydrogens is 326 g/mol. The first-order valence-corrected chi connectivity index (χ1v) is 9.18. The molecular formula is C21H23N3O2. The van der Waals surface area contributed by atoms with Crippen molar-refractivity contribution < 1.29 is 9.26 Å². The smallest absolute Gasteiger partial charge is 0.240 e. The maximum atomic E-state index is 5.66. The lowest BCUT2D eigenvalue weighted by atomic mass is 10.0. The van der Waals surface area contributed by atoms with E-state index >= 15 is 0 Å². The van der Waals surface area contributed by atoms with Crippen LogP contribution in [0.5, 0.6) is 5.75 Å². The number of hydrogen-bond donors (Lipinski definition) is 1. The summed E-state index contributed by atoms with van der Waals surface area (Å²) in [5.74, 6) is 2.62. The molecule has 0 saturated heterocycles. The molecule has 1 saturated carbocycles. The molecule has 1 aliphatic carbocycles. The highest BCUT2D eigenvalue weighted by Gasteiger charge is 2.32. The first-order valence-electron chi connectivity index (χ1n) is 9.18. The van der Waals surface area contributed by atoms with Gasteiger partial charge in [-0.05, 0) is 43.4 Å². The van der Waals surface area contributed by atoms with E-state index in [4.69, 9.17) is 9.26 Å². The van der Waals surface area contributed by atoms with Crippen LogP contribution in [0.25, 0.3) is 11.4 Å². The molecule has 26 heavy (non-hydrogen) atoms. The number of aromatic nitrogens is 2. The molecule has 5 nitrogen and oxygen atoms in total. The Morgan fingerprint density at radius 3 is 2.65 bits per heavy atom. The third kappa shape index (κ3) is 3.78. The first-order chi connectivity index (χ1) is 12.8. The molecule has 1 N–H and O–H groups in total. The van der Waals surface area contributed by atoms with Gasteiger partial charge in [-0.15, -0.1) is 0 Å². The van der Waals surface area contributed by atoms with Crippen LogP contribution >= 0.6 is 0 Å². The van der Waals surface area contributed by atoms with Gasteiger partial charge in [-0.2, -0.15) is 4.98 Å². The van der Waals surface area contributed by atoms with Gasteiger partial charge in [0.15, 0.2) is 0 Å². The van der Waals surface area contributed by atoms with Crippen molar-refractivity contribution in [3.63, 3.8) is 0 Å². The lowest BCUT2D eigenvalue weighted by Crippen LogP contribution is -2.22. The Morgan fingerprint density at radius 1 is 1.12 bits per heavy atom. The maximum Gasteiger partial charge on any atom is 0.240 e. The number of nitrogens with zero attached hydrogens (tertiary/aromatic N) is 2. The highest BCUT2D eigenvalue weighted by molar-refractivity contribution is 5.63. The molecule has 0 spiro atoms. The van der Waals surface area contributed by atoms with E-state index in [2.05, 4.69) is 39.7 Å². The highest BCUT2D eigenvalue weighted by atomic mass is 16.5. The summed E-state index contributed by atoms with van der Waals surface area (Å²) in [6, 6.07) is 18.7. The fourth-order valence-corrected chi connectivity index (χ4v) is 3.21. The summed E-state index contributed by atoms with van der Waals surface area (Å²) in [7, 11) is 0. The van der Waals surface area contributed by atoms with E-state index in [1.165, 1.54) is 18.4 Å². The number of para-hydroxylation sites is 1. The molecule has 1 aliphatic rings. The van der Waals surface area contributed by atoms with Crippen LogP contribution in [0.1, 0.15) is 37.3 Å². The second-order valence-electron chi connectivity index (χ2n) is 6.55. The summed E-state index contributed by atoms with van der Waals surface area (Å²) in [5, 5.41) is 7.73. The van der Waals surface area contributed by atoms with Gasteiger partial charge in [0.1, 0.15) is 5.75 Å². The van der Waals surface area contributed by atoms with Crippen LogP contribution in [0.15, 0.2) is 59.1 Å². The fourth-order valence-electron chi connectivity index (χ4n) is 3.21. The average Bonchev–Trinajstić information content (AvgIpc) is 3.41. The van der Waals surface area contributed by atoms with Crippen LogP contribution in [0.4, 0.5) is 0 Å². The van der Waals surface area contributed by atoms with Gasteiger partial charge in [0.2, 0.25) is 11.7 Å². The van der Waals surface area contributed by atoms with E-state index in [0.717, 1.165) is 11.3 Å². The van der Waals surface area contributed by atoms with Crippen LogP contribution in [0, 0.1) is 5.92 Å². The van der Waals surface area contributed by atoms with Crippen molar-refractivity contribution in [2.45, 2.75) is 32.4 Å². The van der Waals surface area contributed by atoms with Gasteiger partial charge in [-0.3, -0.25) is 0 Å². The topological polar surface area (TPSA) is 60.2 Å². The highest BCUT2D eigenvalue weighted by Crippen LogP contribution is 2.41. The summed E-state index contributed by atoms with van der Waals surface area (Å²) in [6.45, 7) is 3.12. The van der Waals surface area contributed by atoms with Gasteiger partial charge >= 0.3 is 0 Å². The van der Waals surface area contributed by atoms with Gasteiger partial charge in [0, 0.05) is 6.04 Å². The average molecular weight is 349 g/mol. The predicted octanol–water partition coefficient (Wildman–Crippen LogP) is 4.38. The molecule has 0 bridgehead atoms. The SMILES string of the molecule is CCOc1ccccc1-c1noc(CNC(c2ccccc2)C2CC2)n1. The second kappa shape index (κ2) is 7.70. The Labute approximate surface area is 153 Å². The Kier molecular flexibility index (Phi) is 4.97. The number of ether oxygens (including phenoxy) is 1. The molecule has 0 amide bonds. The lowest BCUT2D eigenvalue weighted by molar-refractivity contribution is 0.340. The third-order valence-corrected chi connectivity index (χ3v) is 4.62. The Balaban J connectivity index is 1.47. The van der Waals surface area contributed by atoms with E-state index in [1.54, 1.807) is 0 Å². The molecule has 1 aromatic heterocycles. The van der Waals surface area contributed by atoms with Crippen molar-refractivity contribution in [3.05, 3.63) is 66.1 Å². The molecule has 5 heteroatoms. The number of nitrogens with one attached hydrogen (secondary N) is 1. The van der Waals surface area contributed by atoms with E-state index in [9.17, 15) is 0 Å². The molecule has 134 valence electrons. The fraction of sp³-hybridized carbons (Fsp3) is 0.333. The van der Waals surface area contributed by atoms with Crippen LogP contribution in [0.2, 0.25) is 0 Å². The van der Waals surface area contributed by atoms with E-state index in [1.807, 2.05) is 37.3 Å². The Bertz CT molecular complexity index is 843. The molecule has 3 aromatic rings. The van der Waals surface area contributed by atoms with Crippen LogP contribution in [-0.4, -0.2) is 16.7 Å². The predicted molar refractivity (Wildman–Crippen MR) is 99.6 cm³/mol. The van der Waals surface area contributed by atoms with Crippen LogP contribution in [0.3, 0.4) is 0 Å². The second-order valence-corrected chi connectivity index (χ2v) is 6.55. The van der Waals surface area contributed by atoms with Gasteiger partial charge in [0.05, 0.1) is 18.7 Å². The van der Waals surface area contributed by atoms with Gasteiger partial charge in [0.25, 0.3) is 0 Å². The van der Waals surface area contributed by atoms with Crippen molar-refractivity contribution in [2.75, 3.05) is 6.61 Å². The molecule has 4 rings (SSSR count). The van der Waals surface area contributed by atoms with Crippen molar-refractivity contribution >= 4 is 0 Å². The molecule has 0 radical (unpaired) electrons. The molecule has 1 atom stereocenters. The summed E-state index contributed by atoms with van der Waals surface area (Å²) in [6.07, 6.45) is 2.53. The third-order valence-electron chi connectivity index (χ3n) is 4.62. The molecule has 1 heterocycles. The normalized spacial score (nSPS) is 15.0. The van der Waals surface area contributed by atoms with Gasteiger partial charge in [-0.1, -0.05) is 47.6 Å². The summed E-state index contributed by atoms with van der Waals surface area (Å²) < 4.78 is 11.1. The van der Waals surface area contributed by atoms with Crippen molar-refractivity contribution in [2.24, 2.45) is 5.92 Å².